The van der Waals surface area contributed by atoms with Crippen LogP contribution in [0.5, 0.6) is 0 Å². The molecule has 2 nitrogen and oxygen atoms in total. The standard InChI is InChI=1S/C14H20N2/c1-11-5-2-3-7-13(11)14-10-15-9-12-6-4-8-16(12)14/h2-3,5,7,12,14-15H,4,6,8-10H2,1H3/t12-,14?/m0/s1. The van der Waals surface area contributed by atoms with E-state index >= 15 is 0 Å². The number of benzene rings is 1. The van der Waals surface area contributed by atoms with Crippen LogP contribution in [0.4, 0.5) is 0 Å². The molecule has 16 heavy (non-hydrogen) atoms. The maximum absolute atomic E-state index is 3.59. The highest BCUT2D eigenvalue weighted by molar-refractivity contribution is 5.30. The lowest BCUT2D eigenvalue weighted by Crippen LogP contribution is -2.49. The zero-order valence-electron chi connectivity index (χ0n) is 9.95. The van der Waals surface area contributed by atoms with Gasteiger partial charge >= 0.3 is 0 Å². The second kappa shape index (κ2) is 4.19. The summed E-state index contributed by atoms with van der Waals surface area (Å²) in [5, 5.41) is 3.59. The number of piperazine rings is 1. The van der Waals surface area contributed by atoms with Crippen LogP contribution < -0.4 is 5.32 Å². The van der Waals surface area contributed by atoms with E-state index in [4.69, 9.17) is 0 Å². The van der Waals surface area contributed by atoms with Gasteiger partial charge in [0.1, 0.15) is 0 Å². The molecule has 1 unspecified atom stereocenters. The first-order valence-electron chi connectivity index (χ1n) is 6.38. The van der Waals surface area contributed by atoms with Crippen molar-refractivity contribution in [3.05, 3.63) is 35.4 Å². The van der Waals surface area contributed by atoms with Crippen molar-refractivity contribution < 1.29 is 0 Å². The summed E-state index contributed by atoms with van der Waals surface area (Å²) in [7, 11) is 0. The molecule has 1 N–H and O–H groups in total. The smallest absolute Gasteiger partial charge is 0.0478 e. The zero-order valence-corrected chi connectivity index (χ0v) is 9.95. The number of rotatable bonds is 1. The highest BCUT2D eigenvalue weighted by Gasteiger charge is 2.34. The lowest BCUT2D eigenvalue weighted by molar-refractivity contribution is 0.138. The van der Waals surface area contributed by atoms with Gasteiger partial charge in [-0.1, -0.05) is 24.3 Å². The highest BCUT2D eigenvalue weighted by Crippen LogP contribution is 2.32. The van der Waals surface area contributed by atoms with Gasteiger partial charge in [0.05, 0.1) is 0 Å². The predicted molar refractivity (Wildman–Crippen MR) is 66.5 cm³/mol. The third kappa shape index (κ3) is 1.66. The minimum atomic E-state index is 0.599. The topological polar surface area (TPSA) is 15.3 Å². The fraction of sp³-hybridized carbons (Fsp3) is 0.571. The molecule has 2 saturated heterocycles. The van der Waals surface area contributed by atoms with Crippen LogP contribution in [0.1, 0.15) is 30.0 Å². The van der Waals surface area contributed by atoms with E-state index in [2.05, 4.69) is 41.4 Å². The molecule has 0 amide bonds. The predicted octanol–water partition coefficient (Wildman–Crippen LogP) is 2.10. The minimum Gasteiger partial charge on any atom is -0.313 e. The number of nitrogens with zero attached hydrogens (tertiary/aromatic N) is 1. The van der Waals surface area contributed by atoms with Crippen LogP contribution in [0.25, 0.3) is 0 Å². The Bertz CT molecular complexity index is 375. The van der Waals surface area contributed by atoms with Crippen molar-refractivity contribution >= 4 is 0 Å². The first kappa shape index (κ1) is 10.3. The molecule has 2 aliphatic rings. The molecule has 86 valence electrons. The van der Waals surface area contributed by atoms with Gasteiger partial charge in [-0.3, -0.25) is 4.90 Å². The summed E-state index contributed by atoms with van der Waals surface area (Å²) in [6.45, 7) is 5.81. The summed E-state index contributed by atoms with van der Waals surface area (Å²) < 4.78 is 0. The molecule has 0 spiro atoms. The first-order valence-corrected chi connectivity index (χ1v) is 6.38. The van der Waals surface area contributed by atoms with Crippen LogP contribution >= 0.6 is 0 Å². The molecule has 0 aromatic heterocycles. The van der Waals surface area contributed by atoms with Crippen LogP contribution in [0.3, 0.4) is 0 Å². The Hall–Kier alpha value is -0.860. The molecular weight excluding hydrogens is 196 g/mol. The molecule has 2 atom stereocenters. The molecular formula is C14H20N2. The van der Waals surface area contributed by atoms with Crippen LogP contribution in [0.2, 0.25) is 0 Å². The van der Waals surface area contributed by atoms with E-state index in [9.17, 15) is 0 Å². The Morgan fingerprint density at radius 1 is 1.25 bits per heavy atom. The molecule has 1 aromatic carbocycles. The van der Waals surface area contributed by atoms with Crippen LogP contribution in [-0.4, -0.2) is 30.6 Å². The zero-order chi connectivity index (χ0) is 11.0. The van der Waals surface area contributed by atoms with Crippen molar-refractivity contribution in [1.29, 1.82) is 0 Å². The number of hydrogen-bond donors (Lipinski definition) is 1. The normalized spacial score (nSPS) is 30.3. The fourth-order valence-corrected chi connectivity index (χ4v) is 3.24. The molecule has 0 aliphatic carbocycles. The molecule has 2 fully saturated rings. The molecule has 2 aliphatic heterocycles. The van der Waals surface area contributed by atoms with Gasteiger partial charge in [-0.05, 0) is 37.4 Å². The third-order valence-corrected chi connectivity index (χ3v) is 4.09. The van der Waals surface area contributed by atoms with Crippen molar-refractivity contribution in [3.63, 3.8) is 0 Å². The molecule has 0 radical (unpaired) electrons. The van der Waals surface area contributed by atoms with E-state index in [0.29, 0.717) is 6.04 Å². The summed E-state index contributed by atoms with van der Waals surface area (Å²) in [6, 6.07) is 10.2. The summed E-state index contributed by atoms with van der Waals surface area (Å²) in [6.07, 6.45) is 2.74. The van der Waals surface area contributed by atoms with Gasteiger partial charge in [0.15, 0.2) is 0 Å². The van der Waals surface area contributed by atoms with Gasteiger partial charge in [-0.15, -0.1) is 0 Å². The van der Waals surface area contributed by atoms with Gasteiger partial charge in [0, 0.05) is 25.2 Å². The van der Waals surface area contributed by atoms with E-state index in [0.717, 1.165) is 12.6 Å². The maximum atomic E-state index is 3.59. The van der Waals surface area contributed by atoms with E-state index < -0.39 is 0 Å². The Kier molecular flexibility index (Phi) is 2.70. The molecule has 1 aromatic rings. The molecule has 0 bridgehead atoms. The summed E-state index contributed by atoms with van der Waals surface area (Å²) >= 11 is 0. The number of hydrogen-bond acceptors (Lipinski definition) is 2. The average Bonchev–Trinajstić information content (AvgIpc) is 2.77. The highest BCUT2D eigenvalue weighted by atomic mass is 15.3. The van der Waals surface area contributed by atoms with Crippen LogP contribution in [0, 0.1) is 6.92 Å². The lowest BCUT2D eigenvalue weighted by atomic mass is 9.97. The molecule has 3 rings (SSSR count). The Balaban J connectivity index is 1.91. The molecule has 0 saturated carbocycles. The van der Waals surface area contributed by atoms with E-state index in [1.54, 1.807) is 0 Å². The second-order valence-corrected chi connectivity index (χ2v) is 5.06. The first-order chi connectivity index (χ1) is 7.86. The largest absolute Gasteiger partial charge is 0.313 e. The lowest BCUT2D eigenvalue weighted by Gasteiger charge is -2.39. The van der Waals surface area contributed by atoms with Crippen LogP contribution in [0.15, 0.2) is 24.3 Å². The van der Waals surface area contributed by atoms with Crippen molar-refractivity contribution in [2.24, 2.45) is 0 Å². The number of fused-ring (bicyclic) bond motifs is 1. The SMILES string of the molecule is Cc1ccccc1C1CNC[C@@H]2CCCN12. The Morgan fingerprint density at radius 2 is 2.12 bits per heavy atom. The fourth-order valence-electron chi connectivity index (χ4n) is 3.24. The van der Waals surface area contributed by atoms with Gasteiger partial charge in [0.25, 0.3) is 0 Å². The van der Waals surface area contributed by atoms with Gasteiger partial charge in [-0.2, -0.15) is 0 Å². The Labute approximate surface area is 97.6 Å². The number of aryl methyl sites for hydroxylation is 1. The van der Waals surface area contributed by atoms with E-state index in [-0.39, 0.29) is 0 Å². The van der Waals surface area contributed by atoms with Gasteiger partial charge in [0.2, 0.25) is 0 Å². The summed E-state index contributed by atoms with van der Waals surface area (Å²) in [4.78, 5) is 2.71. The third-order valence-electron chi connectivity index (χ3n) is 4.09. The van der Waals surface area contributed by atoms with Crippen molar-refractivity contribution in [3.8, 4) is 0 Å². The van der Waals surface area contributed by atoms with E-state index in [1.165, 1.54) is 37.1 Å². The van der Waals surface area contributed by atoms with Gasteiger partial charge in [-0.25, -0.2) is 0 Å². The second-order valence-electron chi connectivity index (χ2n) is 5.06. The van der Waals surface area contributed by atoms with Crippen molar-refractivity contribution in [2.75, 3.05) is 19.6 Å². The monoisotopic (exact) mass is 216 g/mol. The maximum Gasteiger partial charge on any atom is 0.0478 e. The molecule has 2 heterocycles. The quantitative estimate of drug-likeness (QED) is 0.773. The average molecular weight is 216 g/mol. The van der Waals surface area contributed by atoms with E-state index in [1.807, 2.05) is 0 Å². The summed E-state index contributed by atoms with van der Waals surface area (Å²) in [5.74, 6) is 0. The minimum absolute atomic E-state index is 0.599. The summed E-state index contributed by atoms with van der Waals surface area (Å²) in [5.41, 5.74) is 2.95. The van der Waals surface area contributed by atoms with Crippen molar-refractivity contribution in [1.82, 2.24) is 10.2 Å². The Morgan fingerprint density at radius 3 is 3.00 bits per heavy atom. The van der Waals surface area contributed by atoms with Crippen LogP contribution in [-0.2, 0) is 0 Å². The van der Waals surface area contributed by atoms with Gasteiger partial charge < -0.3 is 5.32 Å². The molecule has 2 heteroatoms. The van der Waals surface area contributed by atoms with Crippen molar-refractivity contribution in [2.45, 2.75) is 31.8 Å². The number of nitrogens with one attached hydrogen (secondary N) is 1.